The van der Waals surface area contributed by atoms with Crippen molar-refractivity contribution in [3.8, 4) is 0 Å². The van der Waals surface area contributed by atoms with Crippen LogP contribution in [0.15, 0.2) is 16.3 Å². The standard InChI is InChI=1S/C15H22N2O5S2/c1-2-16(10-7-14(19)20)13(18)11-12-5-6-15(23-12)24(21,22)17-8-3-4-9-17/h5-6H,2-4,7-11H2,1H3,(H,19,20). The number of hydrogen-bond acceptors (Lipinski definition) is 5. The van der Waals surface area contributed by atoms with Gasteiger partial charge < -0.3 is 10.0 Å². The topological polar surface area (TPSA) is 95.0 Å². The average Bonchev–Trinajstić information content (AvgIpc) is 3.19. The fourth-order valence-corrected chi connectivity index (χ4v) is 5.62. The fraction of sp³-hybridized carbons (Fsp3) is 0.600. The molecule has 0 spiro atoms. The number of hydrogen-bond donors (Lipinski definition) is 1. The molecular weight excluding hydrogens is 352 g/mol. The fourth-order valence-electron chi connectivity index (χ4n) is 2.60. The van der Waals surface area contributed by atoms with Gasteiger partial charge in [-0.05, 0) is 31.9 Å². The molecule has 0 radical (unpaired) electrons. The normalized spacial score (nSPS) is 15.5. The third-order valence-corrected chi connectivity index (χ3v) is 7.40. The highest BCUT2D eigenvalue weighted by Crippen LogP contribution is 2.27. The number of rotatable bonds is 8. The number of carboxylic acids is 1. The van der Waals surface area contributed by atoms with Crippen LogP contribution in [0.4, 0.5) is 0 Å². The number of amides is 1. The molecule has 9 heteroatoms. The summed E-state index contributed by atoms with van der Waals surface area (Å²) >= 11 is 1.11. The lowest BCUT2D eigenvalue weighted by Crippen LogP contribution is -2.33. The largest absolute Gasteiger partial charge is 0.481 e. The van der Waals surface area contributed by atoms with E-state index in [-0.39, 0.29) is 29.5 Å². The van der Waals surface area contributed by atoms with Crippen LogP contribution in [-0.4, -0.2) is 60.8 Å². The molecule has 1 amide bonds. The van der Waals surface area contributed by atoms with E-state index in [0.29, 0.717) is 24.5 Å². The van der Waals surface area contributed by atoms with Crippen LogP contribution in [0.25, 0.3) is 0 Å². The summed E-state index contributed by atoms with van der Waals surface area (Å²) in [7, 11) is -3.45. The first kappa shape index (κ1) is 18.9. The van der Waals surface area contributed by atoms with Gasteiger partial charge in [0.25, 0.3) is 10.0 Å². The molecule has 1 aliphatic heterocycles. The summed E-state index contributed by atoms with van der Waals surface area (Å²) in [5.41, 5.74) is 0. The van der Waals surface area contributed by atoms with E-state index in [4.69, 9.17) is 5.11 Å². The molecule has 0 atom stereocenters. The maximum Gasteiger partial charge on any atom is 0.305 e. The van der Waals surface area contributed by atoms with Gasteiger partial charge in [-0.15, -0.1) is 11.3 Å². The van der Waals surface area contributed by atoms with Crippen molar-refractivity contribution >= 4 is 33.2 Å². The second-order valence-corrected chi connectivity index (χ2v) is 8.96. The predicted octanol–water partition coefficient (Wildman–Crippen LogP) is 1.40. The highest BCUT2D eigenvalue weighted by molar-refractivity contribution is 7.91. The Balaban J connectivity index is 2.02. The van der Waals surface area contributed by atoms with E-state index in [9.17, 15) is 18.0 Å². The minimum atomic E-state index is -3.45. The molecule has 2 heterocycles. The molecule has 1 N–H and O–H groups in total. The summed E-state index contributed by atoms with van der Waals surface area (Å²) in [6.45, 7) is 3.48. The Hall–Kier alpha value is -1.45. The van der Waals surface area contributed by atoms with Gasteiger partial charge in [-0.1, -0.05) is 0 Å². The van der Waals surface area contributed by atoms with Gasteiger partial charge in [0.05, 0.1) is 12.8 Å². The van der Waals surface area contributed by atoms with Gasteiger partial charge in [0, 0.05) is 31.1 Å². The van der Waals surface area contributed by atoms with Gasteiger partial charge >= 0.3 is 5.97 Å². The van der Waals surface area contributed by atoms with Gasteiger partial charge in [0.1, 0.15) is 4.21 Å². The van der Waals surface area contributed by atoms with Crippen LogP contribution in [0, 0.1) is 0 Å². The molecule has 1 aliphatic rings. The number of carboxylic acid groups (broad SMARTS) is 1. The lowest BCUT2D eigenvalue weighted by Gasteiger charge is -2.19. The second-order valence-electron chi connectivity index (χ2n) is 5.63. The second kappa shape index (κ2) is 8.09. The number of likely N-dealkylation sites (N-methyl/N-ethyl adjacent to an activating group) is 1. The van der Waals surface area contributed by atoms with Gasteiger partial charge in [-0.25, -0.2) is 8.42 Å². The van der Waals surface area contributed by atoms with E-state index in [0.717, 1.165) is 24.2 Å². The molecule has 7 nitrogen and oxygen atoms in total. The third-order valence-electron chi connectivity index (χ3n) is 3.95. The van der Waals surface area contributed by atoms with Gasteiger partial charge in [0.15, 0.2) is 0 Å². The summed E-state index contributed by atoms with van der Waals surface area (Å²) in [6, 6.07) is 3.21. The highest BCUT2D eigenvalue weighted by atomic mass is 32.2. The summed E-state index contributed by atoms with van der Waals surface area (Å²) < 4.78 is 26.7. The minimum absolute atomic E-state index is 0.0909. The third kappa shape index (κ3) is 4.55. The van der Waals surface area contributed by atoms with Crippen LogP contribution >= 0.6 is 11.3 Å². The van der Waals surface area contributed by atoms with Crippen molar-refractivity contribution in [1.29, 1.82) is 0 Å². The van der Waals surface area contributed by atoms with Crippen molar-refractivity contribution in [2.24, 2.45) is 0 Å². The number of nitrogens with zero attached hydrogens (tertiary/aromatic N) is 2. The van der Waals surface area contributed by atoms with E-state index in [1.165, 1.54) is 9.21 Å². The number of sulfonamides is 1. The summed E-state index contributed by atoms with van der Waals surface area (Å²) in [4.78, 5) is 25.0. The van der Waals surface area contributed by atoms with Gasteiger partial charge in [0.2, 0.25) is 5.91 Å². The first-order valence-electron chi connectivity index (χ1n) is 7.93. The zero-order valence-corrected chi connectivity index (χ0v) is 15.2. The monoisotopic (exact) mass is 374 g/mol. The number of carbonyl (C=O) groups excluding carboxylic acids is 1. The zero-order valence-electron chi connectivity index (χ0n) is 13.6. The Morgan fingerprint density at radius 3 is 2.54 bits per heavy atom. The van der Waals surface area contributed by atoms with Crippen LogP contribution in [0.5, 0.6) is 0 Å². The number of aliphatic carboxylic acids is 1. The Morgan fingerprint density at radius 2 is 1.96 bits per heavy atom. The maximum atomic E-state index is 12.5. The van der Waals surface area contributed by atoms with Crippen molar-refractivity contribution in [3.63, 3.8) is 0 Å². The molecule has 1 aromatic heterocycles. The van der Waals surface area contributed by atoms with Gasteiger partial charge in [-0.3, -0.25) is 9.59 Å². The molecule has 0 unspecified atom stereocenters. The van der Waals surface area contributed by atoms with E-state index in [1.54, 1.807) is 19.1 Å². The van der Waals surface area contributed by atoms with Crippen molar-refractivity contribution in [2.45, 2.75) is 36.8 Å². The Kier molecular flexibility index (Phi) is 6.36. The number of thiophene rings is 1. The summed E-state index contributed by atoms with van der Waals surface area (Å²) in [5.74, 6) is -1.14. The predicted molar refractivity (Wildman–Crippen MR) is 90.5 cm³/mol. The Labute approximate surface area is 145 Å². The molecule has 1 aromatic rings. The summed E-state index contributed by atoms with van der Waals surface area (Å²) in [5, 5.41) is 8.72. The van der Waals surface area contributed by atoms with Crippen LogP contribution in [0.3, 0.4) is 0 Å². The molecule has 0 bridgehead atoms. The first-order valence-corrected chi connectivity index (χ1v) is 10.2. The van der Waals surface area contributed by atoms with Gasteiger partial charge in [-0.2, -0.15) is 4.31 Å². The summed E-state index contributed by atoms with van der Waals surface area (Å²) in [6.07, 6.45) is 1.75. The van der Waals surface area contributed by atoms with Crippen LogP contribution in [0.1, 0.15) is 31.1 Å². The molecule has 24 heavy (non-hydrogen) atoms. The molecule has 1 saturated heterocycles. The van der Waals surface area contributed by atoms with E-state index in [2.05, 4.69) is 0 Å². The zero-order chi connectivity index (χ0) is 17.7. The quantitative estimate of drug-likeness (QED) is 0.742. The van der Waals surface area contributed by atoms with E-state index in [1.807, 2.05) is 0 Å². The van der Waals surface area contributed by atoms with Crippen LogP contribution in [0.2, 0.25) is 0 Å². The molecule has 134 valence electrons. The first-order chi connectivity index (χ1) is 11.3. The average molecular weight is 374 g/mol. The van der Waals surface area contributed by atoms with Crippen molar-refractivity contribution in [2.75, 3.05) is 26.2 Å². The molecular formula is C15H22N2O5S2. The smallest absolute Gasteiger partial charge is 0.305 e. The SMILES string of the molecule is CCN(CCC(=O)O)C(=O)Cc1ccc(S(=O)(=O)N2CCCC2)s1. The lowest BCUT2D eigenvalue weighted by atomic mass is 10.3. The van der Waals surface area contributed by atoms with E-state index >= 15 is 0 Å². The minimum Gasteiger partial charge on any atom is -0.481 e. The van der Waals surface area contributed by atoms with Crippen molar-refractivity contribution in [3.05, 3.63) is 17.0 Å². The van der Waals surface area contributed by atoms with Crippen molar-refractivity contribution < 1.29 is 23.1 Å². The van der Waals surface area contributed by atoms with Crippen molar-refractivity contribution in [1.82, 2.24) is 9.21 Å². The molecule has 2 rings (SSSR count). The van der Waals surface area contributed by atoms with Crippen LogP contribution < -0.4 is 0 Å². The lowest BCUT2D eigenvalue weighted by molar-refractivity contribution is -0.138. The Bertz CT molecular complexity index is 692. The van der Waals surface area contributed by atoms with Crippen LogP contribution in [-0.2, 0) is 26.0 Å². The Morgan fingerprint density at radius 1 is 1.29 bits per heavy atom. The molecule has 1 fully saturated rings. The maximum absolute atomic E-state index is 12.5. The highest BCUT2D eigenvalue weighted by Gasteiger charge is 2.28. The molecule has 0 aliphatic carbocycles. The molecule has 0 aromatic carbocycles. The number of carbonyl (C=O) groups is 2. The molecule has 0 saturated carbocycles. The van der Waals surface area contributed by atoms with E-state index < -0.39 is 16.0 Å².